The van der Waals surface area contributed by atoms with Crippen molar-refractivity contribution in [1.82, 2.24) is 10.6 Å². The molecule has 0 bridgehead atoms. The Balaban J connectivity index is 2.18. The Morgan fingerprint density at radius 2 is 1.52 bits per heavy atom. The molecule has 29 heavy (non-hydrogen) atoms. The van der Waals surface area contributed by atoms with E-state index in [2.05, 4.69) is 10.6 Å². The Labute approximate surface area is 169 Å². The summed E-state index contributed by atoms with van der Waals surface area (Å²) in [5.41, 5.74) is 9.12. The summed E-state index contributed by atoms with van der Waals surface area (Å²) in [7, 11) is 0. The van der Waals surface area contributed by atoms with Gasteiger partial charge in [0.1, 0.15) is 17.9 Å². The topological polar surface area (TPSA) is 101 Å². The molecule has 7 heteroatoms. The SMILES string of the molecule is CC(=O)N[C@H](Cc1ccc(F)cc1)C(=O)N[C@@H](Cc1c(C)cccc1C)C(N)=O. The molecule has 2 atom stereocenters. The third-order valence-corrected chi connectivity index (χ3v) is 4.76. The highest BCUT2D eigenvalue weighted by molar-refractivity contribution is 5.91. The van der Waals surface area contributed by atoms with E-state index in [9.17, 15) is 18.8 Å². The summed E-state index contributed by atoms with van der Waals surface area (Å²) in [6.45, 7) is 5.15. The number of nitrogens with one attached hydrogen (secondary N) is 2. The number of benzene rings is 2. The zero-order chi connectivity index (χ0) is 21.6. The molecule has 0 aromatic heterocycles. The number of primary amides is 1. The van der Waals surface area contributed by atoms with Crippen LogP contribution in [0.3, 0.4) is 0 Å². The second-order valence-electron chi connectivity index (χ2n) is 7.12. The molecule has 154 valence electrons. The van der Waals surface area contributed by atoms with Crippen LogP contribution < -0.4 is 16.4 Å². The maximum absolute atomic E-state index is 13.1. The molecule has 4 N–H and O–H groups in total. The van der Waals surface area contributed by atoms with Gasteiger partial charge >= 0.3 is 0 Å². The zero-order valence-electron chi connectivity index (χ0n) is 16.8. The van der Waals surface area contributed by atoms with Crippen LogP contribution >= 0.6 is 0 Å². The Bertz CT molecular complexity index is 876. The summed E-state index contributed by atoms with van der Waals surface area (Å²) >= 11 is 0. The van der Waals surface area contributed by atoms with Gasteiger partial charge in [0.15, 0.2) is 0 Å². The zero-order valence-corrected chi connectivity index (χ0v) is 16.8. The van der Waals surface area contributed by atoms with E-state index in [0.29, 0.717) is 5.56 Å². The minimum absolute atomic E-state index is 0.153. The van der Waals surface area contributed by atoms with E-state index in [1.54, 1.807) is 12.1 Å². The number of nitrogens with two attached hydrogens (primary N) is 1. The molecule has 0 radical (unpaired) electrons. The molecule has 0 aliphatic heterocycles. The molecule has 0 saturated heterocycles. The van der Waals surface area contributed by atoms with Gasteiger partial charge in [-0.05, 0) is 48.2 Å². The molecule has 0 unspecified atom stereocenters. The molecule has 3 amide bonds. The van der Waals surface area contributed by atoms with Crippen molar-refractivity contribution >= 4 is 17.7 Å². The minimum atomic E-state index is -0.924. The lowest BCUT2D eigenvalue weighted by molar-refractivity contribution is -0.130. The van der Waals surface area contributed by atoms with Crippen LogP contribution in [-0.2, 0) is 27.2 Å². The summed E-state index contributed by atoms with van der Waals surface area (Å²) in [6, 6.07) is 9.58. The van der Waals surface area contributed by atoms with Crippen molar-refractivity contribution in [2.45, 2.75) is 45.7 Å². The molecule has 0 aliphatic carbocycles. The molecule has 0 fully saturated rings. The summed E-state index contributed by atoms with van der Waals surface area (Å²) in [6.07, 6.45) is 0.406. The largest absolute Gasteiger partial charge is 0.368 e. The number of aryl methyl sites for hydroxylation is 2. The van der Waals surface area contributed by atoms with Crippen molar-refractivity contribution in [3.63, 3.8) is 0 Å². The molecule has 0 heterocycles. The second-order valence-corrected chi connectivity index (χ2v) is 7.12. The van der Waals surface area contributed by atoms with E-state index in [0.717, 1.165) is 16.7 Å². The molecule has 6 nitrogen and oxygen atoms in total. The van der Waals surface area contributed by atoms with Crippen LogP contribution in [0, 0.1) is 19.7 Å². The number of amides is 3. The van der Waals surface area contributed by atoms with E-state index < -0.39 is 35.6 Å². The van der Waals surface area contributed by atoms with Crippen LogP contribution in [0.15, 0.2) is 42.5 Å². The van der Waals surface area contributed by atoms with Gasteiger partial charge in [-0.1, -0.05) is 30.3 Å². The van der Waals surface area contributed by atoms with Gasteiger partial charge in [-0.25, -0.2) is 4.39 Å². The number of carbonyl (C=O) groups excluding carboxylic acids is 3. The minimum Gasteiger partial charge on any atom is -0.368 e. The first-order chi connectivity index (χ1) is 13.7. The van der Waals surface area contributed by atoms with Crippen LogP contribution in [0.4, 0.5) is 4.39 Å². The Kier molecular flexibility index (Phi) is 7.47. The number of hydrogen-bond donors (Lipinski definition) is 3. The fourth-order valence-corrected chi connectivity index (χ4v) is 3.18. The fraction of sp³-hybridized carbons (Fsp3) is 0.318. The highest BCUT2D eigenvalue weighted by Gasteiger charge is 2.26. The monoisotopic (exact) mass is 399 g/mol. The first-order valence-electron chi connectivity index (χ1n) is 9.33. The lowest BCUT2D eigenvalue weighted by Gasteiger charge is -2.23. The molecule has 2 aromatic carbocycles. The first-order valence-corrected chi connectivity index (χ1v) is 9.33. The molecule has 0 saturated carbocycles. The van der Waals surface area contributed by atoms with Gasteiger partial charge in [-0.3, -0.25) is 14.4 Å². The third kappa shape index (κ3) is 6.41. The highest BCUT2D eigenvalue weighted by Crippen LogP contribution is 2.16. The maximum atomic E-state index is 13.1. The Hall–Kier alpha value is -3.22. The molecule has 0 aliphatic rings. The normalized spacial score (nSPS) is 12.7. The first kappa shape index (κ1) is 22.1. The second kappa shape index (κ2) is 9.82. The predicted molar refractivity (Wildman–Crippen MR) is 108 cm³/mol. The van der Waals surface area contributed by atoms with Crippen molar-refractivity contribution in [1.29, 1.82) is 0 Å². The highest BCUT2D eigenvalue weighted by atomic mass is 19.1. The molecule has 2 aromatic rings. The van der Waals surface area contributed by atoms with E-state index in [4.69, 9.17) is 5.73 Å². The summed E-state index contributed by atoms with van der Waals surface area (Å²) in [4.78, 5) is 36.4. The standard InChI is InChI=1S/C22H26FN3O3/c1-13-5-4-6-14(2)18(13)12-19(21(24)28)26-22(29)20(25-15(3)27)11-16-7-9-17(23)10-8-16/h4-10,19-20H,11-12H2,1-3H3,(H2,24,28)(H,25,27)(H,26,29)/t19-,20+/m0/s1. The van der Waals surface area contributed by atoms with Crippen LogP contribution in [0.5, 0.6) is 0 Å². The molecular formula is C22H26FN3O3. The third-order valence-electron chi connectivity index (χ3n) is 4.76. The summed E-state index contributed by atoms with van der Waals surface area (Å²) < 4.78 is 13.1. The van der Waals surface area contributed by atoms with Gasteiger partial charge in [0.2, 0.25) is 17.7 Å². The van der Waals surface area contributed by atoms with Crippen molar-refractivity contribution < 1.29 is 18.8 Å². The van der Waals surface area contributed by atoms with Crippen LogP contribution in [0.25, 0.3) is 0 Å². The molecule has 0 spiro atoms. The lowest BCUT2D eigenvalue weighted by atomic mass is 9.95. The van der Waals surface area contributed by atoms with Crippen molar-refractivity contribution in [2.24, 2.45) is 5.73 Å². The van der Waals surface area contributed by atoms with Crippen molar-refractivity contribution in [3.05, 3.63) is 70.5 Å². The number of carbonyl (C=O) groups is 3. The van der Waals surface area contributed by atoms with Crippen LogP contribution in [0.1, 0.15) is 29.2 Å². The van der Waals surface area contributed by atoms with Crippen LogP contribution in [-0.4, -0.2) is 29.8 Å². The smallest absolute Gasteiger partial charge is 0.243 e. The Morgan fingerprint density at radius 3 is 2.03 bits per heavy atom. The van der Waals surface area contributed by atoms with Crippen molar-refractivity contribution in [3.8, 4) is 0 Å². The van der Waals surface area contributed by atoms with E-state index in [-0.39, 0.29) is 12.8 Å². The van der Waals surface area contributed by atoms with Gasteiger partial charge in [-0.2, -0.15) is 0 Å². The average Bonchev–Trinajstić information content (AvgIpc) is 2.64. The van der Waals surface area contributed by atoms with Gasteiger partial charge < -0.3 is 16.4 Å². The molecular weight excluding hydrogens is 373 g/mol. The maximum Gasteiger partial charge on any atom is 0.243 e. The summed E-state index contributed by atoms with van der Waals surface area (Å²) in [5, 5.41) is 5.23. The van der Waals surface area contributed by atoms with Gasteiger partial charge in [0, 0.05) is 19.8 Å². The van der Waals surface area contributed by atoms with Crippen LogP contribution in [0.2, 0.25) is 0 Å². The van der Waals surface area contributed by atoms with E-state index in [1.165, 1.54) is 19.1 Å². The number of hydrogen-bond acceptors (Lipinski definition) is 3. The van der Waals surface area contributed by atoms with Gasteiger partial charge in [0.05, 0.1) is 0 Å². The van der Waals surface area contributed by atoms with E-state index in [1.807, 2.05) is 32.0 Å². The number of halogens is 1. The van der Waals surface area contributed by atoms with E-state index >= 15 is 0 Å². The van der Waals surface area contributed by atoms with Gasteiger partial charge in [-0.15, -0.1) is 0 Å². The average molecular weight is 399 g/mol. The Morgan fingerprint density at radius 1 is 0.931 bits per heavy atom. The van der Waals surface area contributed by atoms with Gasteiger partial charge in [0.25, 0.3) is 0 Å². The fourth-order valence-electron chi connectivity index (χ4n) is 3.18. The number of rotatable bonds is 8. The molecule has 2 rings (SSSR count). The summed E-state index contributed by atoms with van der Waals surface area (Å²) in [5.74, 6) is -1.97. The quantitative estimate of drug-likeness (QED) is 0.630. The van der Waals surface area contributed by atoms with Crippen molar-refractivity contribution in [2.75, 3.05) is 0 Å². The lowest BCUT2D eigenvalue weighted by Crippen LogP contribution is -2.54. The predicted octanol–water partition coefficient (Wildman–Crippen LogP) is 1.70.